The number of halogens is 1. The van der Waals surface area contributed by atoms with Crippen molar-refractivity contribution in [1.29, 1.82) is 0 Å². The first-order valence-corrected chi connectivity index (χ1v) is 5.31. The summed E-state index contributed by atoms with van der Waals surface area (Å²) in [6, 6.07) is 9.03. The monoisotopic (exact) mass is 235 g/mol. The highest BCUT2D eigenvalue weighted by atomic mass is 35.5. The molecule has 82 valence electrons. The molecule has 0 fully saturated rings. The van der Waals surface area contributed by atoms with Crippen molar-refractivity contribution in [3.05, 3.63) is 35.9 Å². The van der Waals surface area contributed by atoms with Crippen LogP contribution in [0.3, 0.4) is 0 Å². The molecule has 5 heteroatoms. The lowest BCUT2D eigenvalue weighted by Crippen LogP contribution is -2.23. The van der Waals surface area contributed by atoms with E-state index in [0.29, 0.717) is 6.42 Å². The number of carbonyl (C=O) groups is 1. The van der Waals surface area contributed by atoms with Gasteiger partial charge in [-0.2, -0.15) is 0 Å². The standard InChI is InChI=1S/C11H11BClNO2/c12-16-8-14-10(11(15)7-13)6-9-4-2-1-3-5-9/h1-5,8,10H,6-7H2/t10-/m0/s1. The Morgan fingerprint density at radius 2 is 2.19 bits per heavy atom. The lowest BCUT2D eigenvalue weighted by Gasteiger charge is -2.09. The van der Waals surface area contributed by atoms with Crippen LogP contribution in [0.15, 0.2) is 35.3 Å². The fourth-order valence-corrected chi connectivity index (χ4v) is 1.46. The zero-order chi connectivity index (χ0) is 11.8. The normalized spacial score (nSPS) is 12.6. The van der Waals surface area contributed by atoms with Crippen molar-refractivity contribution in [3.8, 4) is 0 Å². The van der Waals surface area contributed by atoms with Gasteiger partial charge in [-0.15, -0.1) is 11.6 Å². The molecule has 0 spiro atoms. The van der Waals surface area contributed by atoms with Crippen LogP contribution in [-0.2, 0) is 15.9 Å². The van der Waals surface area contributed by atoms with Crippen LogP contribution in [0.25, 0.3) is 0 Å². The average molecular weight is 235 g/mol. The molecule has 1 rings (SSSR count). The number of hydrogen-bond donors (Lipinski definition) is 0. The van der Waals surface area contributed by atoms with Gasteiger partial charge in [0.05, 0.1) is 5.88 Å². The Morgan fingerprint density at radius 1 is 1.50 bits per heavy atom. The van der Waals surface area contributed by atoms with Gasteiger partial charge in [-0.05, 0) is 5.56 Å². The second-order valence-electron chi connectivity index (χ2n) is 3.20. The molecule has 1 aromatic rings. The van der Waals surface area contributed by atoms with Gasteiger partial charge in [-0.1, -0.05) is 30.3 Å². The number of rotatable bonds is 6. The van der Waals surface area contributed by atoms with E-state index in [2.05, 4.69) is 9.65 Å². The number of ketones is 1. The van der Waals surface area contributed by atoms with E-state index < -0.39 is 6.04 Å². The summed E-state index contributed by atoms with van der Waals surface area (Å²) in [4.78, 5) is 15.4. The van der Waals surface area contributed by atoms with E-state index >= 15 is 0 Å². The van der Waals surface area contributed by atoms with Crippen LogP contribution < -0.4 is 0 Å². The van der Waals surface area contributed by atoms with Gasteiger partial charge in [0.2, 0.25) is 0 Å². The van der Waals surface area contributed by atoms with E-state index in [0.717, 1.165) is 12.0 Å². The van der Waals surface area contributed by atoms with Crippen molar-refractivity contribution >= 4 is 31.8 Å². The van der Waals surface area contributed by atoms with Crippen molar-refractivity contribution in [1.82, 2.24) is 0 Å². The molecule has 0 saturated heterocycles. The highest BCUT2D eigenvalue weighted by Gasteiger charge is 2.16. The van der Waals surface area contributed by atoms with Crippen LogP contribution in [0.2, 0.25) is 0 Å². The molecule has 0 aliphatic rings. The lowest BCUT2D eigenvalue weighted by atomic mass is 10.0. The highest BCUT2D eigenvalue weighted by Crippen LogP contribution is 2.07. The minimum Gasteiger partial charge on any atom is -0.560 e. The van der Waals surface area contributed by atoms with Gasteiger partial charge in [0, 0.05) is 6.42 Å². The maximum atomic E-state index is 11.5. The Balaban J connectivity index is 2.71. The van der Waals surface area contributed by atoms with Crippen molar-refractivity contribution < 1.29 is 9.45 Å². The van der Waals surface area contributed by atoms with Gasteiger partial charge in [0.1, 0.15) is 6.04 Å². The smallest absolute Gasteiger partial charge is 0.375 e. The van der Waals surface area contributed by atoms with Gasteiger partial charge < -0.3 is 4.65 Å². The Bertz CT molecular complexity index is 356. The summed E-state index contributed by atoms with van der Waals surface area (Å²) in [6.07, 6.45) is 1.55. The molecule has 0 unspecified atom stereocenters. The van der Waals surface area contributed by atoms with Gasteiger partial charge in [0.25, 0.3) is 0 Å². The number of alkyl halides is 1. The molecule has 0 aromatic heterocycles. The number of Topliss-reactive ketones (excluding diaryl/α,β-unsaturated/α-hetero) is 1. The van der Waals surface area contributed by atoms with Gasteiger partial charge in [-0.3, -0.25) is 4.79 Å². The van der Waals surface area contributed by atoms with Gasteiger partial charge in [-0.25, -0.2) is 4.99 Å². The second kappa shape index (κ2) is 7.07. The molecule has 0 heterocycles. The maximum Gasteiger partial charge on any atom is 0.375 e. The predicted molar refractivity (Wildman–Crippen MR) is 65.0 cm³/mol. The quantitative estimate of drug-likeness (QED) is 0.325. The fraction of sp³-hybridized carbons (Fsp3) is 0.273. The molecule has 1 aromatic carbocycles. The SMILES string of the molecule is [B]OC=N[C@@H](Cc1ccccc1)C(=O)CCl. The van der Waals surface area contributed by atoms with Crippen molar-refractivity contribution in [3.63, 3.8) is 0 Å². The van der Waals surface area contributed by atoms with Crippen LogP contribution >= 0.6 is 11.6 Å². The minimum atomic E-state index is -0.538. The Hall–Kier alpha value is -1.29. The third kappa shape index (κ3) is 4.07. The van der Waals surface area contributed by atoms with E-state index in [-0.39, 0.29) is 11.7 Å². The van der Waals surface area contributed by atoms with Gasteiger partial charge >= 0.3 is 8.05 Å². The molecule has 0 N–H and O–H groups in total. The molecule has 16 heavy (non-hydrogen) atoms. The summed E-state index contributed by atoms with van der Waals surface area (Å²) in [6.45, 7) is 0. The van der Waals surface area contributed by atoms with E-state index in [4.69, 9.17) is 19.7 Å². The molecule has 0 bridgehead atoms. The van der Waals surface area contributed by atoms with Crippen LogP contribution in [0.5, 0.6) is 0 Å². The van der Waals surface area contributed by atoms with Crippen LogP contribution in [0, 0.1) is 0 Å². The molecule has 0 saturated carbocycles. The van der Waals surface area contributed by atoms with Crippen molar-refractivity contribution in [2.45, 2.75) is 12.5 Å². The number of benzene rings is 1. The zero-order valence-corrected chi connectivity index (χ0v) is 9.43. The molecule has 1 atom stereocenters. The van der Waals surface area contributed by atoms with Crippen molar-refractivity contribution in [2.75, 3.05) is 5.88 Å². The van der Waals surface area contributed by atoms with E-state index in [9.17, 15) is 4.79 Å². The molecule has 2 radical (unpaired) electrons. The summed E-state index contributed by atoms with van der Waals surface area (Å²) in [5.74, 6) is -0.224. The zero-order valence-electron chi connectivity index (χ0n) is 8.67. The third-order valence-electron chi connectivity index (χ3n) is 2.08. The fourth-order valence-electron chi connectivity index (χ4n) is 1.28. The van der Waals surface area contributed by atoms with Gasteiger partial charge in [0.15, 0.2) is 12.2 Å². The van der Waals surface area contributed by atoms with Crippen LogP contribution in [0.1, 0.15) is 5.56 Å². The highest BCUT2D eigenvalue weighted by molar-refractivity contribution is 6.28. The molecule has 0 aliphatic heterocycles. The first kappa shape index (κ1) is 12.8. The van der Waals surface area contributed by atoms with E-state index in [1.54, 1.807) is 0 Å². The number of carbonyl (C=O) groups excluding carboxylic acids is 1. The summed E-state index contributed by atoms with van der Waals surface area (Å²) >= 11 is 5.50. The Labute approximate surface area is 101 Å². The largest absolute Gasteiger partial charge is 0.560 e. The summed E-state index contributed by atoms with van der Waals surface area (Å²) in [5, 5.41) is 0. The summed E-state index contributed by atoms with van der Waals surface area (Å²) in [5.41, 5.74) is 1.01. The predicted octanol–water partition coefficient (Wildman–Crippen LogP) is 1.53. The first-order valence-electron chi connectivity index (χ1n) is 4.77. The Morgan fingerprint density at radius 3 is 2.75 bits per heavy atom. The number of hydrogen-bond acceptors (Lipinski definition) is 3. The molecule has 0 aliphatic carbocycles. The van der Waals surface area contributed by atoms with Crippen LogP contribution in [-0.4, -0.2) is 32.2 Å². The first-order chi connectivity index (χ1) is 7.77. The lowest BCUT2D eigenvalue weighted by molar-refractivity contribution is -0.117. The molecule has 3 nitrogen and oxygen atoms in total. The van der Waals surface area contributed by atoms with Crippen molar-refractivity contribution in [2.24, 2.45) is 4.99 Å². The van der Waals surface area contributed by atoms with E-state index in [1.165, 1.54) is 0 Å². The molecular weight excluding hydrogens is 224 g/mol. The number of nitrogens with zero attached hydrogens (tertiary/aromatic N) is 1. The Kier molecular flexibility index (Phi) is 5.64. The summed E-state index contributed by atoms with van der Waals surface area (Å²) < 4.78 is 4.22. The van der Waals surface area contributed by atoms with E-state index in [1.807, 2.05) is 30.3 Å². The summed E-state index contributed by atoms with van der Waals surface area (Å²) in [7, 11) is 4.82. The maximum absolute atomic E-state index is 11.5. The third-order valence-corrected chi connectivity index (χ3v) is 2.34. The molecule has 0 amide bonds. The topological polar surface area (TPSA) is 38.7 Å². The molecular formula is C11H11BClNO2. The minimum absolute atomic E-state index is 0.0700. The average Bonchev–Trinajstić information content (AvgIpc) is 2.34. The second-order valence-corrected chi connectivity index (χ2v) is 3.46. The van der Waals surface area contributed by atoms with Crippen LogP contribution in [0.4, 0.5) is 0 Å². The number of aliphatic imine (C=N–C) groups is 1.